The first-order valence-electron chi connectivity index (χ1n) is 3.65. The van der Waals surface area contributed by atoms with Crippen LogP contribution in [0.15, 0.2) is 18.2 Å². The molecule has 1 heterocycles. The van der Waals surface area contributed by atoms with Crippen LogP contribution in [0.4, 0.5) is 0 Å². The second kappa shape index (κ2) is 2.64. The Hall–Kier alpha value is -1.29. The van der Waals surface area contributed by atoms with Crippen molar-refractivity contribution in [2.75, 3.05) is 0 Å². The van der Waals surface area contributed by atoms with Gasteiger partial charge in [0.1, 0.15) is 0 Å². The fourth-order valence-electron chi connectivity index (χ4n) is 1.21. The number of carbonyl (C=O) groups excluding carboxylic acids is 1. The van der Waals surface area contributed by atoms with Crippen LogP contribution in [-0.4, -0.2) is 13.4 Å². The second-order valence-electron chi connectivity index (χ2n) is 2.71. The lowest BCUT2D eigenvalue weighted by Crippen LogP contribution is -2.17. The normalized spacial score (nSPS) is 13.7. The highest BCUT2D eigenvalue weighted by Crippen LogP contribution is 2.07. The Morgan fingerprint density at radius 3 is 3.17 bits per heavy atom. The van der Waals surface area contributed by atoms with Gasteiger partial charge in [-0.1, -0.05) is 12.1 Å². The number of primary amides is 1. The Morgan fingerprint density at radius 2 is 2.42 bits per heavy atom. The number of nitrogens with two attached hydrogens (primary N) is 1. The van der Waals surface area contributed by atoms with Crippen molar-refractivity contribution in [2.24, 2.45) is 5.73 Å². The molecule has 0 spiro atoms. The van der Waals surface area contributed by atoms with Crippen molar-refractivity contribution < 1.29 is 9.45 Å². The molecule has 59 valence electrons. The maximum Gasteiger partial charge on any atom is 0.330 e. The fourth-order valence-corrected chi connectivity index (χ4v) is 1.21. The summed E-state index contributed by atoms with van der Waals surface area (Å²) in [4.78, 5) is 10.8. The van der Waals surface area contributed by atoms with Crippen molar-refractivity contribution in [3.63, 3.8) is 0 Å². The molecule has 0 unspecified atom stereocenters. The van der Waals surface area contributed by atoms with Gasteiger partial charge in [0.05, 0.1) is 6.61 Å². The number of benzene rings is 1. The standard InChI is InChI=1S/C8H7BNO2/c10-8(11)5-1-2-6-4-12-9-7(6)3-5/h1-3H,4H2,(H2,10,11). The highest BCUT2D eigenvalue weighted by molar-refractivity contribution is 6.49. The van der Waals surface area contributed by atoms with Gasteiger partial charge < -0.3 is 10.4 Å². The molecule has 0 saturated carbocycles. The molecular weight excluding hydrogens is 153 g/mol. The van der Waals surface area contributed by atoms with E-state index in [4.69, 9.17) is 10.4 Å². The fraction of sp³-hybridized carbons (Fsp3) is 0.125. The summed E-state index contributed by atoms with van der Waals surface area (Å²) in [7, 11) is 1.64. The molecule has 1 aliphatic rings. The van der Waals surface area contributed by atoms with Gasteiger partial charge >= 0.3 is 7.48 Å². The monoisotopic (exact) mass is 160 g/mol. The van der Waals surface area contributed by atoms with E-state index in [0.717, 1.165) is 11.0 Å². The lowest BCUT2D eigenvalue weighted by Gasteiger charge is -1.98. The molecule has 0 bridgehead atoms. The molecule has 4 heteroatoms. The first kappa shape index (κ1) is 7.37. The number of hydrogen-bond acceptors (Lipinski definition) is 2. The minimum atomic E-state index is -0.405. The predicted molar refractivity (Wildman–Crippen MR) is 45.1 cm³/mol. The highest BCUT2D eigenvalue weighted by Gasteiger charge is 2.14. The van der Waals surface area contributed by atoms with Gasteiger partial charge in [-0.05, 0) is 17.1 Å². The molecule has 1 aliphatic heterocycles. The van der Waals surface area contributed by atoms with Gasteiger partial charge in [0.15, 0.2) is 0 Å². The molecule has 0 fully saturated rings. The van der Waals surface area contributed by atoms with Crippen LogP contribution in [0.3, 0.4) is 0 Å². The highest BCUT2D eigenvalue weighted by atomic mass is 16.4. The average molecular weight is 160 g/mol. The Labute approximate surface area is 70.8 Å². The Morgan fingerprint density at radius 1 is 1.58 bits per heavy atom. The summed E-state index contributed by atoms with van der Waals surface area (Å²) in [5, 5.41) is 0. The number of hydrogen-bond donors (Lipinski definition) is 1. The molecule has 3 nitrogen and oxygen atoms in total. The van der Waals surface area contributed by atoms with Crippen LogP contribution in [0.25, 0.3) is 0 Å². The summed E-state index contributed by atoms with van der Waals surface area (Å²) >= 11 is 0. The first-order valence-corrected chi connectivity index (χ1v) is 3.65. The number of amides is 1. The third-order valence-corrected chi connectivity index (χ3v) is 1.88. The molecule has 0 aromatic heterocycles. The molecular formula is C8H7BNO2. The largest absolute Gasteiger partial charge is 0.430 e. The average Bonchev–Trinajstić information content (AvgIpc) is 2.49. The van der Waals surface area contributed by atoms with Crippen LogP contribution >= 0.6 is 0 Å². The van der Waals surface area contributed by atoms with Crippen molar-refractivity contribution in [3.05, 3.63) is 29.3 Å². The van der Waals surface area contributed by atoms with E-state index in [1.807, 2.05) is 6.07 Å². The van der Waals surface area contributed by atoms with Crippen LogP contribution in [0.5, 0.6) is 0 Å². The van der Waals surface area contributed by atoms with E-state index in [1.165, 1.54) is 0 Å². The summed E-state index contributed by atoms with van der Waals surface area (Å²) in [5.74, 6) is -0.405. The molecule has 1 aromatic rings. The van der Waals surface area contributed by atoms with Crippen LogP contribution in [0.2, 0.25) is 0 Å². The van der Waals surface area contributed by atoms with Crippen molar-refractivity contribution in [1.82, 2.24) is 0 Å². The molecule has 0 aliphatic carbocycles. The number of fused-ring (bicyclic) bond motifs is 1. The van der Waals surface area contributed by atoms with Gasteiger partial charge in [-0.2, -0.15) is 0 Å². The third kappa shape index (κ3) is 1.10. The van der Waals surface area contributed by atoms with Crippen LogP contribution < -0.4 is 11.2 Å². The summed E-state index contributed by atoms with van der Waals surface area (Å²) in [6.07, 6.45) is 0. The molecule has 12 heavy (non-hydrogen) atoms. The van der Waals surface area contributed by atoms with E-state index in [1.54, 1.807) is 19.6 Å². The van der Waals surface area contributed by atoms with Gasteiger partial charge in [-0.25, -0.2) is 0 Å². The van der Waals surface area contributed by atoms with Gasteiger partial charge in [0, 0.05) is 5.56 Å². The van der Waals surface area contributed by atoms with E-state index < -0.39 is 5.91 Å². The van der Waals surface area contributed by atoms with Crippen LogP contribution in [0.1, 0.15) is 15.9 Å². The molecule has 1 amide bonds. The summed E-state index contributed by atoms with van der Waals surface area (Å²) in [5.41, 5.74) is 7.69. The molecule has 0 saturated heterocycles. The second-order valence-corrected chi connectivity index (χ2v) is 2.71. The number of carbonyl (C=O) groups is 1. The minimum absolute atomic E-state index is 0.405. The van der Waals surface area contributed by atoms with Crippen molar-refractivity contribution in [1.29, 1.82) is 0 Å². The molecule has 1 aromatic carbocycles. The molecule has 0 atom stereocenters. The van der Waals surface area contributed by atoms with Gasteiger partial charge in [-0.3, -0.25) is 4.79 Å². The summed E-state index contributed by atoms with van der Waals surface area (Å²) in [6, 6.07) is 5.31. The maximum absolute atomic E-state index is 10.8. The first-order chi connectivity index (χ1) is 5.77. The van der Waals surface area contributed by atoms with E-state index >= 15 is 0 Å². The molecule has 1 radical (unpaired) electrons. The molecule has 2 rings (SSSR count). The summed E-state index contributed by atoms with van der Waals surface area (Å²) in [6.45, 7) is 0.592. The zero-order valence-corrected chi connectivity index (χ0v) is 6.41. The Bertz CT molecular complexity index is 338. The molecule has 2 N–H and O–H groups in total. The smallest absolute Gasteiger partial charge is 0.330 e. The Balaban J connectivity index is 2.45. The summed E-state index contributed by atoms with van der Waals surface area (Å²) < 4.78 is 5.07. The topological polar surface area (TPSA) is 52.3 Å². The minimum Gasteiger partial charge on any atom is -0.430 e. The zero-order valence-electron chi connectivity index (χ0n) is 6.41. The van der Waals surface area contributed by atoms with Crippen molar-refractivity contribution in [2.45, 2.75) is 6.61 Å². The Kier molecular flexibility index (Phi) is 1.62. The lowest BCUT2D eigenvalue weighted by atomic mass is 9.86. The van der Waals surface area contributed by atoms with Gasteiger partial charge in [0.25, 0.3) is 0 Å². The quantitative estimate of drug-likeness (QED) is 0.566. The van der Waals surface area contributed by atoms with Gasteiger partial charge in [0.2, 0.25) is 5.91 Å². The van der Waals surface area contributed by atoms with E-state index in [2.05, 4.69) is 0 Å². The van der Waals surface area contributed by atoms with E-state index in [-0.39, 0.29) is 0 Å². The predicted octanol–water partition coefficient (Wildman–Crippen LogP) is -0.440. The van der Waals surface area contributed by atoms with Crippen molar-refractivity contribution in [3.8, 4) is 0 Å². The van der Waals surface area contributed by atoms with Crippen LogP contribution in [-0.2, 0) is 11.3 Å². The van der Waals surface area contributed by atoms with Crippen molar-refractivity contribution >= 4 is 18.9 Å². The lowest BCUT2D eigenvalue weighted by molar-refractivity contribution is 0.100. The maximum atomic E-state index is 10.8. The SMILES string of the molecule is NC(=O)c1ccc2c(c1)[B]OC2. The van der Waals surface area contributed by atoms with Crippen LogP contribution in [0, 0.1) is 0 Å². The number of rotatable bonds is 1. The van der Waals surface area contributed by atoms with E-state index in [9.17, 15) is 4.79 Å². The van der Waals surface area contributed by atoms with Gasteiger partial charge in [-0.15, -0.1) is 0 Å². The zero-order chi connectivity index (χ0) is 8.55. The van der Waals surface area contributed by atoms with E-state index in [0.29, 0.717) is 12.2 Å². The third-order valence-electron chi connectivity index (χ3n) is 1.88.